The van der Waals surface area contributed by atoms with Crippen LogP contribution in [0.5, 0.6) is 0 Å². The topological polar surface area (TPSA) is 59.5 Å². The van der Waals surface area contributed by atoms with E-state index in [1.807, 2.05) is 61.7 Å². The van der Waals surface area contributed by atoms with Crippen LogP contribution in [-0.2, 0) is 0 Å². The molecule has 2 aromatic heterocycles. The smallest absolute Gasteiger partial charge is 0.307 e. The molecule has 7 heteroatoms. The summed E-state index contributed by atoms with van der Waals surface area (Å²) in [7, 11) is 0. The molecule has 0 spiro atoms. The standard InChI is InChI=1S/C21H15Br2N3O2/c1-13-7-14(12-26(13)17-5-3-2-4-6-17)11-24-25-21(27)19-9-15-8-16(22)10-18(23)20(15)28-19/h2-12H,1H3,(H,25,27)/b24-11-. The van der Waals surface area contributed by atoms with Crippen molar-refractivity contribution in [2.75, 3.05) is 0 Å². The van der Waals surface area contributed by atoms with E-state index >= 15 is 0 Å². The summed E-state index contributed by atoms with van der Waals surface area (Å²) in [6, 6.07) is 17.5. The SMILES string of the molecule is Cc1cc(/C=N\NC(=O)c2cc3cc(Br)cc(Br)c3o2)cn1-c1ccccc1. The van der Waals surface area contributed by atoms with Gasteiger partial charge in [0.25, 0.3) is 0 Å². The van der Waals surface area contributed by atoms with Gasteiger partial charge in [-0.05, 0) is 59.3 Å². The fourth-order valence-electron chi connectivity index (χ4n) is 2.94. The minimum absolute atomic E-state index is 0.198. The van der Waals surface area contributed by atoms with Crippen molar-refractivity contribution in [3.8, 4) is 5.69 Å². The highest BCUT2D eigenvalue weighted by molar-refractivity contribution is 9.11. The quantitative estimate of drug-likeness (QED) is 0.283. The molecule has 28 heavy (non-hydrogen) atoms. The minimum Gasteiger partial charge on any atom is -0.450 e. The molecule has 0 saturated carbocycles. The number of nitrogens with one attached hydrogen (secondary N) is 1. The molecule has 1 amide bonds. The van der Waals surface area contributed by atoms with Crippen molar-refractivity contribution in [3.05, 3.63) is 86.8 Å². The maximum absolute atomic E-state index is 12.3. The number of benzene rings is 2. The van der Waals surface area contributed by atoms with Crippen molar-refractivity contribution in [2.45, 2.75) is 6.92 Å². The lowest BCUT2D eigenvalue weighted by molar-refractivity contribution is 0.0929. The molecule has 0 atom stereocenters. The third-order valence-corrected chi connectivity index (χ3v) is 5.25. The van der Waals surface area contributed by atoms with E-state index in [0.717, 1.165) is 31.3 Å². The predicted molar refractivity (Wildman–Crippen MR) is 117 cm³/mol. The third-order valence-electron chi connectivity index (χ3n) is 4.21. The number of halogens is 2. The lowest BCUT2D eigenvalue weighted by Gasteiger charge is -2.04. The van der Waals surface area contributed by atoms with Crippen molar-refractivity contribution < 1.29 is 9.21 Å². The first-order valence-corrected chi connectivity index (χ1v) is 10.1. The van der Waals surface area contributed by atoms with Gasteiger partial charge in [-0.1, -0.05) is 34.1 Å². The van der Waals surface area contributed by atoms with Gasteiger partial charge in [0.2, 0.25) is 0 Å². The lowest BCUT2D eigenvalue weighted by Crippen LogP contribution is -2.16. The molecule has 140 valence electrons. The second kappa shape index (κ2) is 7.77. The van der Waals surface area contributed by atoms with Gasteiger partial charge in [-0.3, -0.25) is 4.79 Å². The fraction of sp³-hybridized carbons (Fsp3) is 0.0476. The van der Waals surface area contributed by atoms with E-state index < -0.39 is 5.91 Å². The van der Waals surface area contributed by atoms with E-state index in [2.05, 4.69) is 47.0 Å². The number of amides is 1. The molecule has 2 aromatic carbocycles. The molecule has 4 rings (SSSR count). The first-order valence-electron chi connectivity index (χ1n) is 8.47. The Morgan fingerprint density at radius 1 is 1.14 bits per heavy atom. The van der Waals surface area contributed by atoms with Gasteiger partial charge in [-0.25, -0.2) is 5.43 Å². The second-order valence-corrected chi connectivity index (χ2v) is 8.01. The van der Waals surface area contributed by atoms with Crippen molar-refractivity contribution in [1.29, 1.82) is 0 Å². The van der Waals surface area contributed by atoms with Crippen molar-refractivity contribution in [1.82, 2.24) is 9.99 Å². The average Bonchev–Trinajstić information content (AvgIpc) is 3.26. The second-order valence-electron chi connectivity index (χ2n) is 6.24. The van der Waals surface area contributed by atoms with Gasteiger partial charge in [0.1, 0.15) is 5.58 Å². The molecule has 0 aliphatic heterocycles. The zero-order valence-corrected chi connectivity index (χ0v) is 18.0. The minimum atomic E-state index is -0.408. The van der Waals surface area contributed by atoms with Crippen LogP contribution in [0.1, 0.15) is 21.8 Å². The van der Waals surface area contributed by atoms with E-state index in [1.54, 1.807) is 12.3 Å². The Hall–Kier alpha value is -2.64. The highest BCUT2D eigenvalue weighted by Crippen LogP contribution is 2.30. The molecule has 0 aliphatic rings. The molecule has 5 nitrogen and oxygen atoms in total. The maximum Gasteiger partial charge on any atom is 0.307 e. The lowest BCUT2D eigenvalue weighted by atomic mass is 10.2. The first-order chi connectivity index (χ1) is 13.5. The number of para-hydroxylation sites is 1. The summed E-state index contributed by atoms with van der Waals surface area (Å²) in [6.45, 7) is 2.02. The number of aryl methyl sites for hydroxylation is 1. The zero-order chi connectivity index (χ0) is 19.7. The van der Waals surface area contributed by atoms with Crippen LogP contribution in [-0.4, -0.2) is 16.7 Å². The fourth-order valence-corrected chi connectivity index (χ4v) is 4.28. The van der Waals surface area contributed by atoms with Gasteiger partial charge >= 0.3 is 5.91 Å². The number of hydrazone groups is 1. The maximum atomic E-state index is 12.3. The van der Waals surface area contributed by atoms with Gasteiger partial charge in [0, 0.05) is 33.0 Å². The Morgan fingerprint density at radius 2 is 1.93 bits per heavy atom. The summed E-state index contributed by atoms with van der Waals surface area (Å²) in [5, 5.41) is 4.88. The van der Waals surface area contributed by atoms with Gasteiger partial charge in [0.05, 0.1) is 10.7 Å². The van der Waals surface area contributed by atoms with Crippen LogP contribution in [0, 0.1) is 6.92 Å². The van der Waals surface area contributed by atoms with E-state index in [0.29, 0.717) is 5.58 Å². The summed E-state index contributed by atoms with van der Waals surface area (Å²) in [6.07, 6.45) is 3.58. The van der Waals surface area contributed by atoms with E-state index in [9.17, 15) is 4.79 Å². The number of aromatic nitrogens is 1. The number of rotatable bonds is 4. The van der Waals surface area contributed by atoms with Gasteiger partial charge in [-0.2, -0.15) is 5.10 Å². The molecule has 0 aliphatic carbocycles. The predicted octanol–water partition coefficient (Wildman–Crippen LogP) is 5.82. The molecule has 4 aromatic rings. The van der Waals surface area contributed by atoms with Crippen LogP contribution in [0.2, 0.25) is 0 Å². The summed E-state index contributed by atoms with van der Waals surface area (Å²) in [5.74, 6) is -0.210. The first kappa shape index (κ1) is 18.7. The molecule has 0 unspecified atom stereocenters. The third kappa shape index (κ3) is 3.81. The highest BCUT2D eigenvalue weighted by Gasteiger charge is 2.14. The molecule has 0 saturated heterocycles. The summed E-state index contributed by atoms with van der Waals surface area (Å²) >= 11 is 6.86. The number of furan rings is 1. The normalized spacial score (nSPS) is 11.4. The number of carbonyl (C=O) groups is 1. The van der Waals surface area contributed by atoms with Crippen LogP contribution >= 0.6 is 31.9 Å². The number of carbonyl (C=O) groups excluding carboxylic acids is 1. The molecule has 2 heterocycles. The molecule has 0 fully saturated rings. The summed E-state index contributed by atoms with van der Waals surface area (Å²) in [4.78, 5) is 12.3. The summed E-state index contributed by atoms with van der Waals surface area (Å²) in [5.41, 5.74) is 6.16. The average molecular weight is 501 g/mol. The largest absolute Gasteiger partial charge is 0.450 e. The Labute approximate surface area is 178 Å². The van der Waals surface area contributed by atoms with Gasteiger partial charge in [-0.15, -0.1) is 0 Å². The molecule has 0 radical (unpaired) electrons. The number of fused-ring (bicyclic) bond motifs is 1. The van der Waals surface area contributed by atoms with Crippen LogP contribution in [0.4, 0.5) is 0 Å². The monoisotopic (exact) mass is 499 g/mol. The van der Waals surface area contributed by atoms with Crippen molar-refractivity contribution in [2.24, 2.45) is 5.10 Å². The van der Waals surface area contributed by atoms with E-state index in [4.69, 9.17) is 4.42 Å². The summed E-state index contributed by atoms with van der Waals surface area (Å²) < 4.78 is 9.38. The van der Waals surface area contributed by atoms with Crippen molar-refractivity contribution >= 4 is 55.0 Å². The zero-order valence-electron chi connectivity index (χ0n) is 14.8. The Morgan fingerprint density at radius 3 is 2.71 bits per heavy atom. The Balaban J connectivity index is 1.49. The van der Waals surface area contributed by atoms with E-state index in [1.165, 1.54) is 0 Å². The molecular formula is C21H15Br2N3O2. The number of hydrogen-bond acceptors (Lipinski definition) is 3. The van der Waals surface area contributed by atoms with Crippen LogP contribution in [0.25, 0.3) is 16.7 Å². The van der Waals surface area contributed by atoms with Gasteiger partial charge in [0.15, 0.2) is 5.76 Å². The molecule has 0 bridgehead atoms. The van der Waals surface area contributed by atoms with Crippen LogP contribution < -0.4 is 5.43 Å². The van der Waals surface area contributed by atoms with Gasteiger partial charge < -0.3 is 8.98 Å². The number of nitrogens with zero attached hydrogens (tertiary/aromatic N) is 2. The van der Waals surface area contributed by atoms with Crippen LogP contribution in [0.3, 0.4) is 0 Å². The van der Waals surface area contributed by atoms with E-state index in [-0.39, 0.29) is 5.76 Å². The molecule has 1 N–H and O–H groups in total. The van der Waals surface area contributed by atoms with Crippen molar-refractivity contribution in [3.63, 3.8) is 0 Å². The molecular weight excluding hydrogens is 486 g/mol. The van der Waals surface area contributed by atoms with Crippen LogP contribution in [0.15, 0.2) is 79.3 Å². The number of hydrogen-bond donors (Lipinski definition) is 1. The highest BCUT2D eigenvalue weighted by atomic mass is 79.9. The Kier molecular flexibility index (Phi) is 5.19. The Bertz CT molecular complexity index is 1190.